The monoisotopic (exact) mass is 462 g/mol. The van der Waals surface area contributed by atoms with Gasteiger partial charge in [-0.1, -0.05) is 61.2 Å². The fourth-order valence-corrected chi connectivity index (χ4v) is 5.38. The largest absolute Gasteiger partial charge is 0.296 e. The second-order valence-corrected chi connectivity index (χ2v) is 10.9. The van der Waals surface area contributed by atoms with Gasteiger partial charge in [0.2, 0.25) is 5.13 Å². The summed E-state index contributed by atoms with van der Waals surface area (Å²) in [6, 6.07) is 13.0. The first-order valence-electron chi connectivity index (χ1n) is 9.21. The van der Waals surface area contributed by atoms with Gasteiger partial charge in [-0.2, -0.15) is 0 Å². The minimum atomic E-state index is -3.75. The molecular formula is C20H22N4O3S3. The fraction of sp³-hybridized carbons (Fsp3) is 0.250. The van der Waals surface area contributed by atoms with Crippen LogP contribution < -0.4 is 10.0 Å². The van der Waals surface area contributed by atoms with Crippen LogP contribution in [0.15, 0.2) is 57.8 Å². The maximum absolute atomic E-state index is 12.7. The number of anilines is 2. The summed E-state index contributed by atoms with van der Waals surface area (Å²) in [6.45, 7) is 5.94. The molecule has 1 aromatic heterocycles. The molecular weight excluding hydrogens is 440 g/mol. The number of hydrogen-bond acceptors (Lipinski definition) is 7. The van der Waals surface area contributed by atoms with E-state index in [1.807, 2.05) is 0 Å². The van der Waals surface area contributed by atoms with E-state index in [-0.39, 0.29) is 10.8 Å². The number of amides is 1. The standard InChI is InChI=1S/C20H22N4O3S3/c1-13(2)12-28-20-23-22-19(29-20)21-18(25)16-10-7-11-17(14(16)3)24-30(26,27)15-8-5-4-6-9-15/h4-11,13,24H,12H2,1-3H3,(H,21,22,25). The lowest BCUT2D eigenvalue weighted by Gasteiger charge is -2.13. The van der Waals surface area contributed by atoms with E-state index >= 15 is 0 Å². The average Bonchev–Trinajstić information content (AvgIpc) is 3.16. The fourth-order valence-electron chi connectivity index (χ4n) is 2.52. The van der Waals surface area contributed by atoms with Crippen molar-refractivity contribution in [1.29, 1.82) is 0 Å². The number of thioether (sulfide) groups is 1. The number of benzene rings is 2. The van der Waals surface area contributed by atoms with E-state index in [1.54, 1.807) is 55.1 Å². The third-order valence-electron chi connectivity index (χ3n) is 4.04. The van der Waals surface area contributed by atoms with Crippen LogP contribution in [0, 0.1) is 12.8 Å². The highest BCUT2D eigenvalue weighted by Crippen LogP contribution is 2.28. The number of aromatic nitrogens is 2. The Morgan fingerprint density at radius 1 is 1.10 bits per heavy atom. The minimum absolute atomic E-state index is 0.152. The Bertz CT molecular complexity index is 1130. The summed E-state index contributed by atoms with van der Waals surface area (Å²) in [5.74, 6) is 1.08. The van der Waals surface area contributed by atoms with Gasteiger partial charge in [0.05, 0.1) is 10.6 Å². The van der Waals surface area contributed by atoms with E-state index < -0.39 is 10.0 Å². The van der Waals surface area contributed by atoms with Crippen molar-refractivity contribution in [3.63, 3.8) is 0 Å². The molecule has 3 aromatic rings. The summed E-state index contributed by atoms with van der Waals surface area (Å²) in [6.07, 6.45) is 0. The van der Waals surface area contributed by atoms with Crippen LogP contribution in [0.5, 0.6) is 0 Å². The second kappa shape index (κ2) is 9.59. The van der Waals surface area contributed by atoms with Crippen molar-refractivity contribution in [2.24, 2.45) is 5.92 Å². The number of rotatable bonds is 8. The van der Waals surface area contributed by atoms with Crippen molar-refractivity contribution in [1.82, 2.24) is 10.2 Å². The highest BCUT2D eigenvalue weighted by Gasteiger charge is 2.18. The Balaban J connectivity index is 1.75. The zero-order chi connectivity index (χ0) is 21.7. The molecule has 3 rings (SSSR count). The topological polar surface area (TPSA) is 101 Å². The van der Waals surface area contributed by atoms with Gasteiger partial charge in [0.1, 0.15) is 0 Å². The van der Waals surface area contributed by atoms with Crippen molar-refractivity contribution < 1.29 is 13.2 Å². The van der Waals surface area contributed by atoms with Crippen molar-refractivity contribution in [3.8, 4) is 0 Å². The molecule has 0 unspecified atom stereocenters. The highest BCUT2D eigenvalue weighted by atomic mass is 32.2. The molecule has 10 heteroatoms. The quantitative estimate of drug-likeness (QED) is 0.373. The first kappa shape index (κ1) is 22.3. The van der Waals surface area contributed by atoms with Crippen LogP contribution in [0.1, 0.15) is 29.8 Å². The molecule has 1 amide bonds. The molecule has 0 aliphatic carbocycles. The van der Waals surface area contributed by atoms with Gasteiger partial charge in [0, 0.05) is 11.3 Å². The van der Waals surface area contributed by atoms with Gasteiger partial charge in [-0.15, -0.1) is 10.2 Å². The number of hydrogen-bond donors (Lipinski definition) is 2. The molecule has 0 bridgehead atoms. The van der Waals surface area contributed by atoms with Gasteiger partial charge in [-0.05, 0) is 42.7 Å². The SMILES string of the molecule is Cc1c(NS(=O)(=O)c2ccccc2)cccc1C(=O)Nc1nnc(SCC(C)C)s1. The molecule has 158 valence electrons. The van der Waals surface area contributed by atoms with E-state index in [0.29, 0.717) is 27.9 Å². The van der Waals surface area contributed by atoms with Gasteiger partial charge in [0.15, 0.2) is 4.34 Å². The molecule has 2 aromatic carbocycles. The van der Waals surface area contributed by atoms with Gasteiger partial charge >= 0.3 is 0 Å². The molecule has 0 aliphatic rings. The average molecular weight is 463 g/mol. The van der Waals surface area contributed by atoms with E-state index in [2.05, 4.69) is 34.1 Å². The zero-order valence-electron chi connectivity index (χ0n) is 16.7. The molecule has 0 radical (unpaired) electrons. The number of carbonyl (C=O) groups is 1. The first-order chi connectivity index (χ1) is 14.3. The molecule has 2 N–H and O–H groups in total. The van der Waals surface area contributed by atoms with Crippen molar-refractivity contribution in [2.75, 3.05) is 15.8 Å². The van der Waals surface area contributed by atoms with Crippen LogP contribution >= 0.6 is 23.1 Å². The number of sulfonamides is 1. The van der Waals surface area contributed by atoms with Crippen LogP contribution in [0.4, 0.5) is 10.8 Å². The summed E-state index contributed by atoms with van der Waals surface area (Å²) in [4.78, 5) is 12.9. The van der Waals surface area contributed by atoms with E-state index in [0.717, 1.165) is 10.1 Å². The third kappa shape index (κ3) is 5.59. The first-order valence-corrected chi connectivity index (χ1v) is 12.5. The van der Waals surface area contributed by atoms with Gasteiger partial charge in [0.25, 0.3) is 15.9 Å². The predicted molar refractivity (Wildman–Crippen MR) is 122 cm³/mol. The van der Waals surface area contributed by atoms with Crippen LogP contribution in [0.2, 0.25) is 0 Å². The van der Waals surface area contributed by atoms with Gasteiger partial charge in [-0.25, -0.2) is 8.42 Å². The Kier molecular flexibility index (Phi) is 7.11. The normalized spacial score (nSPS) is 11.5. The van der Waals surface area contributed by atoms with E-state index in [9.17, 15) is 13.2 Å². The molecule has 0 aliphatic heterocycles. The Morgan fingerprint density at radius 2 is 1.83 bits per heavy atom. The summed E-state index contributed by atoms with van der Waals surface area (Å²) >= 11 is 2.91. The Hall–Kier alpha value is -2.43. The Morgan fingerprint density at radius 3 is 2.53 bits per heavy atom. The van der Waals surface area contributed by atoms with Crippen LogP contribution in [-0.2, 0) is 10.0 Å². The summed E-state index contributed by atoms with van der Waals surface area (Å²) in [7, 11) is -3.75. The maximum Gasteiger partial charge on any atom is 0.261 e. The molecule has 0 spiro atoms. The van der Waals surface area contributed by atoms with Gasteiger partial charge < -0.3 is 0 Å². The van der Waals surface area contributed by atoms with Crippen LogP contribution in [0.3, 0.4) is 0 Å². The lowest BCUT2D eigenvalue weighted by molar-refractivity contribution is 0.102. The van der Waals surface area contributed by atoms with Crippen molar-refractivity contribution in [3.05, 3.63) is 59.7 Å². The molecule has 0 saturated heterocycles. The molecule has 0 saturated carbocycles. The molecule has 0 atom stereocenters. The van der Waals surface area contributed by atoms with E-state index in [1.165, 1.54) is 23.5 Å². The third-order valence-corrected chi connectivity index (χ3v) is 7.82. The molecule has 7 nitrogen and oxygen atoms in total. The molecule has 0 fully saturated rings. The Labute approximate surface area is 184 Å². The summed E-state index contributed by atoms with van der Waals surface area (Å²) < 4.78 is 28.6. The maximum atomic E-state index is 12.7. The lowest BCUT2D eigenvalue weighted by atomic mass is 10.1. The van der Waals surface area contributed by atoms with Crippen molar-refractivity contribution in [2.45, 2.75) is 30.0 Å². The number of nitrogens with one attached hydrogen (secondary N) is 2. The highest BCUT2D eigenvalue weighted by molar-refractivity contribution is 8.01. The number of nitrogens with zero attached hydrogens (tertiary/aromatic N) is 2. The lowest BCUT2D eigenvalue weighted by Crippen LogP contribution is -2.17. The smallest absolute Gasteiger partial charge is 0.261 e. The van der Waals surface area contributed by atoms with Crippen molar-refractivity contribution >= 4 is 49.8 Å². The van der Waals surface area contributed by atoms with Crippen LogP contribution in [-0.4, -0.2) is 30.3 Å². The van der Waals surface area contributed by atoms with Crippen LogP contribution in [0.25, 0.3) is 0 Å². The van der Waals surface area contributed by atoms with E-state index in [4.69, 9.17) is 0 Å². The second-order valence-electron chi connectivity index (χ2n) is 6.93. The predicted octanol–water partition coefficient (Wildman–Crippen LogP) is 4.65. The molecule has 30 heavy (non-hydrogen) atoms. The van der Waals surface area contributed by atoms with Gasteiger partial charge in [-0.3, -0.25) is 14.8 Å². The zero-order valence-corrected chi connectivity index (χ0v) is 19.2. The minimum Gasteiger partial charge on any atom is -0.296 e. The number of carbonyl (C=O) groups excluding carboxylic acids is 1. The molecule has 1 heterocycles. The summed E-state index contributed by atoms with van der Waals surface area (Å²) in [5.41, 5.74) is 1.22. The summed E-state index contributed by atoms with van der Waals surface area (Å²) in [5, 5.41) is 11.2.